The number of ether oxygens (including phenoxy) is 1. The molecule has 1 aromatic rings. The average molecular weight is 474 g/mol. The first-order valence-corrected chi connectivity index (χ1v) is 8.42. The van der Waals surface area contributed by atoms with Gasteiger partial charge >= 0.3 is 0 Å². The number of halogens is 1. The smallest absolute Gasteiger partial charge is 0.243 e. The number of nitrogens with zero attached hydrogens (tertiary/aromatic N) is 2. The molecule has 0 aromatic heterocycles. The summed E-state index contributed by atoms with van der Waals surface area (Å²) in [5.74, 6) is 1.86. The molecule has 0 saturated carbocycles. The third kappa shape index (κ3) is 9.65. The van der Waals surface area contributed by atoms with Gasteiger partial charge in [-0.1, -0.05) is 25.1 Å². The fourth-order valence-electron chi connectivity index (χ4n) is 2.14. The molecule has 0 saturated heterocycles. The van der Waals surface area contributed by atoms with Gasteiger partial charge in [-0.3, -0.25) is 4.79 Å². The summed E-state index contributed by atoms with van der Waals surface area (Å²) in [6.45, 7) is 7.33. The number of hydrogen-bond donors (Lipinski definition) is 2. The lowest BCUT2D eigenvalue weighted by Crippen LogP contribution is -2.40. The van der Waals surface area contributed by atoms with Crippen molar-refractivity contribution in [3.8, 4) is 5.75 Å². The van der Waals surface area contributed by atoms with E-state index < -0.39 is 0 Å². The van der Waals surface area contributed by atoms with Gasteiger partial charge in [0.25, 0.3) is 0 Å². The van der Waals surface area contributed by atoms with Crippen LogP contribution in [-0.2, 0) is 11.2 Å². The van der Waals surface area contributed by atoms with Gasteiger partial charge in [0, 0.05) is 27.2 Å². The Morgan fingerprint density at radius 3 is 2.50 bits per heavy atom. The zero-order valence-corrected chi connectivity index (χ0v) is 18.4. The van der Waals surface area contributed by atoms with Crippen LogP contribution >= 0.6 is 24.0 Å². The number of nitrogens with one attached hydrogen (secondary N) is 2. The molecule has 26 heavy (non-hydrogen) atoms. The van der Waals surface area contributed by atoms with Gasteiger partial charge in [-0.25, -0.2) is 4.99 Å². The third-order valence-corrected chi connectivity index (χ3v) is 3.65. The van der Waals surface area contributed by atoms with E-state index in [1.165, 1.54) is 10.5 Å². The summed E-state index contributed by atoms with van der Waals surface area (Å²) < 4.78 is 5.18. The number of methoxy groups -OCH3 is 1. The molecule has 1 aromatic carbocycles. The van der Waals surface area contributed by atoms with Crippen molar-refractivity contribution in [2.24, 2.45) is 10.9 Å². The minimum atomic E-state index is -0.0361. The van der Waals surface area contributed by atoms with Crippen LogP contribution in [0.25, 0.3) is 0 Å². The maximum Gasteiger partial charge on any atom is 0.243 e. The van der Waals surface area contributed by atoms with Crippen molar-refractivity contribution in [3.05, 3.63) is 42.5 Å². The lowest BCUT2D eigenvalue weighted by Gasteiger charge is -2.16. The van der Waals surface area contributed by atoms with Crippen molar-refractivity contribution in [3.63, 3.8) is 0 Å². The van der Waals surface area contributed by atoms with Gasteiger partial charge in [-0.2, -0.15) is 0 Å². The summed E-state index contributed by atoms with van der Waals surface area (Å²) in [5, 5.41) is 6.42. The number of benzene rings is 1. The molecule has 2 N–H and O–H groups in total. The third-order valence-electron chi connectivity index (χ3n) is 3.65. The van der Waals surface area contributed by atoms with Gasteiger partial charge in [-0.15, -0.1) is 30.6 Å². The zero-order valence-electron chi connectivity index (χ0n) is 16.1. The number of guanidine groups is 1. The summed E-state index contributed by atoms with van der Waals surface area (Å²) in [6, 6.07) is 8.10. The van der Waals surface area contributed by atoms with E-state index >= 15 is 0 Å². The van der Waals surface area contributed by atoms with Crippen LogP contribution in [0, 0.1) is 5.92 Å². The van der Waals surface area contributed by atoms with Gasteiger partial charge in [0.15, 0.2) is 5.96 Å². The zero-order chi connectivity index (χ0) is 18.7. The highest BCUT2D eigenvalue weighted by molar-refractivity contribution is 14.0. The molecule has 0 bridgehead atoms. The number of carbonyl (C=O) groups excluding carboxylic acids is 1. The predicted molar refractivity (Wildman–Crippen MR) is 118 cm³/mol. The molecule has 1 atom stereocenters. The number of amides is 1. The number of aliphatic imine (C=N–C) groups is 1. The van der Waals surface area contributed by atoms with E-state index in [0.717, 1.165) is 18.7 Å². The van der Waals surface area contributed by atoms with Crippen LogP contribution < -0.4 is 15.4 Å². The second-order valence-electron chi connectivity index (χ2n) is 6.16. The molecule has 6 nitrogen and oxygen atoms in total. The molecule has 0 radical (unpaired) electrons. The Morgan fingerprint density at radius 2 is 1.96 bits per heavy atom. The van der Waals surface area contributed by atoms with E-state index in [-0.39, 0.29) is 36.4 Å². The Bertz CT molecular complexity index is 573. The highest BCUT2D eigenvalue weighted by atomic mass is 127. The monoisotopic (exact) mass is 474 g/mol. The highest BCUT2D eigenvalue weighted by Crippen LogP contribution is 2.14. The van der Waals surface area contributed by atoms with Gasteiger partial charge < -0.3 is 20.3 Å². The van der Waals surface area contributed by atoms with Crippen molar-refractivity contribution in [2.45, 2.75) is 13.3 Å². The highest BCUT2D eigenvalue weighted by Gasteiger charge is 2.07. The summed E-state index contributed by atoms with van der Waals surface area (Å²) in [4.78, 5) is 17.5. The molecule has 0 heterocycles. The maximum absolute atomic E-state index is 11.7. The van der Waals surface area contributed by atoms with Gasteiger partial charge in [0.05, 0.1) is 7.11 Å². The Balaban J connectivity index is 0.00000625. The molecule has 0 fully saturated rings. The Labute approximate surface area is 174 Å². The molecule has 0 spiro atoms. The number of rotatable bonds is 9. The first kappa shape index (κ1) is 24.2. The lowest BCUT2D eigenvalue weighted by molar-refractivity contribution is -0.127. The molecule has 1 rings (SSSR count). The lowest BCUT2D eigenvalue weighted by atomic mass is 10.0. The summed E-state index contributed by atoms with van der Waals surface area (Å²) >= 11 is 0. The molecular formula is C19H31IN4O2. The van der Waals surface area contributed by atoms with Gasteiger partial charge in [-0.05, 0) is 30.0 Å². The molecule has 1 unspecified atom stereocenters. The normalized spacial score (nSPS) is 11.8. The van der Waals surface area contributed by atoms with E-state index in [9.17, 15) is 4.79 Å². The molecule has 1 amide bonds. The Hall–Kier alpha value is -1.77. The number of hydrogen-bond acceptors (Lipinski definition) is 3. The molecule has 0 aliphatic rings. The van der Waals surface area contributed by atoms with Crippen molar-refractivity contribution in [1.29, 1.82) is 0 Å². The molecular weight excluding hydrogens is 443 g/mol. The van der Waals surface area contributed by atoms with Crippen molar-refractivity contribution in [2.75, 3.05) is 40.8 Å². The summed E-state index contributed by atoms with van der Waals surface area (Å²) in [7, 11) is 5.11. The van der Waals surface area contributed by atoms with Crippen LogP contribution in [-0.4, -0.2) is 57.6 Å². The van der Waals surface area contributed by atoms with Crippen LogP contribution in [0.3, 0.4) is 0 Å². The Kier molecular flexibility index (Phi) is 12.5. The van der Waals surface area contributed by atoms with Crippen molar-refractivity contribution >= 4 is 35.8 Å². The van der Waals surface area contributed by atoms with Crippen molar-refractivity contribution in [1.82, 2.24) is 15.5 Å². The Morgan fingerprint density at radius 1 is 1.31 bits per heavy atom. The van der Waals surface area contributed by atoms with Crippen molar-refractivity contribution < 1.29 is 9.53 Å². The number of likely N-dealkylation sites (N-methyl/N-ethyl adjacent to an activating group) is 1. The predicted octanol–water partition coefficient (Wildman–Crippen LogP) is 2.30. The second-order valence-corrected chi connectivity index (χ2v) is 6.16. The molecule has 7 heteroatoms. The van der Waals surface area contributed by atoms with E-state index in [1.807, 2.05) is 12.1 Å². The van der Waals surface area contributed by atoms with Crippen LogP contribution in [0.2, 0.25) is 0 Å². The minimum Gasteiger partial charge on any atom is -0.497 e. The van der Waals surface area contributed by atoms with Crippen LogP contribution in [0.5, 0.6) is 5.75 Å². The molecule has 146 valence electrons. The fourth-order valence-corrected chi connectivity index (χ4v) is 2.14. The topological polar surface area (TPSA) is 66.0 Å². The second kappa shape index (κ2) is 13.4. The van der Waals surface area contributed by atoms with Gasteiger partial charge in [0.1, 0.15) is 12.3 Å². The molecule has 0 aliphatic carbocycles. The first-order chi connectivity index (χ1) is 12.0. The van der Waals surface area contributed by atoms with E-state index in [4.69, 9.17) is 4.74 Å². The maximum atomic E-state index is 11.7. The van der Waals surface area contributed by atoms with E-state index in [2.05, 4.69) is 41.3 Å². The average Bonchev–Trinajstić information content (AvgIpc) is 2.61. The fraction of sp³-hybridized carbons (Fsp3) is 0.474. The van der Waals surface area contributed by atoms with Crippen LogP contribution in [0.1, 0.15) is 12.5 Å². The SMILES string of the molecule is C=CCNC(=NCC(=O)N(C)C)NCC(C)Cc1ccc(OC)cc1.I. The van der Waals surface area contributed by atoms with Gasteiger partial charge in [0.2, 0.25) is 5.91 Å². The minimum absolute atomic E-state index is 0. The van der Waals surface area contributed by atoms with Crippen LogP contribution in [0.15, 0.2) is 41.9 Å². The molecule has 0 aliphatic heterocycles. The summed E-state index contributed by atoms with van der Waals surface area (Å²) in [6.07, 6.45) is 2.70. The standard InChI is InChI=1S/C19H30N4O2.HI/c1-6-11-20-19(22-14-18(24)23(3)4)21-13-15(2)12-16-7-9-17(25-5)10-8-16;/h6-10,15H,1,11-14H2,2-5H3,(H2,20,21,22);1H. The summed E-state index contributed by atoms with van der Waals surface area (Å²) in [5.41, 5.74) is 1.26. The first-order valence-electron chi connectivity index (χ1n) is 8.42. The van der Waals surface area contributed by atoms with Crippen LogP contribution in [0.4, 0.5) is 0 Å². The van der Waals surface area contributed by atoms with E-state index in [1.54, 1.807) is 27.3 Å². The van der Waals surface area contributed by atoms with E-state index in [0.29, 0.717) is 18.4 Å². The quantitative estimate of drug-likeness (QED) is 0.250. The largest absolute Gasteiger partial charge is 0.497 e. The number of carbonyl (C=O) groups is 1.